The molecule has 1 saturated carbocycles. The molecule has 0 atom stereocenters. The number of benzene rings is 1. The van der Waals surface area contributed by atoms with E-state index in [1.54, 1.807) is 17.1 Å². The second-order valence-corrected chi connectivity index (χ2v) is 7.86. The average molecular weight is 414 g/mol. The van der Waals surface area contributed by atoms with Gasteiger partial charge in [0.1, 0.15) is 0 Å². The van der Waals surface area contributed by atoms with E-state index in [0.29, 0.717) is 29.7 Å². The van der Waals surface area contributed by atoms with Gasteiger partial charge in [-0.25, -0.2) is 9.67 Å². The molecular weight excluding hydrogens is 392 g/mol. The number of carbonyl (C=O) groups is 1. The third kappa shape index (κ3) is 3.96. The molecule has 0 unspecified atom stereocenters. The van der Waals surface area contributed by atoms with Crippen molar-refractivity contribution in [3.05, 3.63) is 77.0 Å². The fourth-order valence-electron chi connectivity index (χ4n) is 3.46. The van der Waals surface area contributed by atoms with Crippen molar-refractivity contribution in [2.45, 2.75) is 39.2 Å². The number of amides is 1. The Bertz CT molecular complexity index is 1240. The van der Waals surface area contributed by atoms with E-state index in [-0.39, 0.29) is 5.91 Å². The van der Waals surface area contributed by atoms with Crippen molar-refractivity contribution in [2.75, 3.05) is 0 Å². The summed E-state index contributed by atoms with van der Waals surface area (Å²) in [5.41, 5.74) is 4.21. The highest BCUT2D eigenvalue weighted by Gasteiger charge is 2.29. The van der Waals surface area contributed by atoms with Crippen LogP contribution in [-0.2, 0) is 6.54 Å². The zero-order chi connectivity index (χ0) is 21.4. The number of aromatic nitrogens is 5. The molecule has 1 fully saturated rings. The smallest absolute Gasteiger partial charge is 0.259 e. The zero-order valence-corrected chi connectivity index (χ0v) is 17.4. The van der Waals surface area contributed by atoms with Gasteiger partial charge < -0.3 is 9.84 Å². The molecule has 156 valence electrons. The fraction of sp³-hybridized carbons (Fsp3) is 0.261. The largest absolute Gasteiger partial charge is 0.348 e. The van der Waals surface area contributed by atoms with Gasteiger partial charge in [-0.3, -0.25) is 4.79 Å². The second kappa shape index (κ2) is 7.79. The molecule has 5 rings (SSSR count). The summed E-state index contributed by atoms with van der Waals surface area (Å²) < 4.78 is 7.00. The van der Waals surface area contributed by atoms with E-state index in [0.717, 1.165) is 41.1 Å². The SMILES string of the molecule is Cc1cccc(CNC(=O)c2cnn(-c3ccc(-c4nc(C5CC5)no4)cn3)c2C)c1. The summed E-state index contributed by atoms with van der Waals surface area (Å²) in [6.07, 6.45) is 5.49. The van der Waals surface area contributed by atoms with Crippen molar-refractivity contribution >= 4 is 5.91 Å². The summed E-state index contributed by atoms with van der Waals surface area (Å²) in [7, 11) is 0. The first-order valence-electron chi connectivity index (χ1n) is 10.3. The van der Waals surface area contributed by atoms with Crippen LogP contribution in [0.5, 0.6) is 0 Å². The normalized spacial score (nSPS) is 13.4. The topological polar surface area (TPSA) is 98.7 Å². The van der Waals surface area contributed by atoms with E-state index in [2.05, 4.69) is 31.6 Å². The Morgan fingerprint density at radius 3 is 2.81 bits per heavy atom. The molecule has 8 nitrogen and oxygen atoms in total. The summed E-state index contributed by atoms with van der Waals surface area (Å²) >= 11 is 0. The summed E-state index contributed by atoms with van der Waals surface area (Å²) in [5.74, 6) is 2.12. The van der Waals surface area contributed by atoms with Gasteiger partial charge in [0.15, 0.2) is 11.6 Å². The lowest BCUT2D eigenvalue weighted by Crippen LogP contribution is -2.23. The quantitative estimate of drug-likeness (QED) is 0.516. The van der Waals surface area contributed by atoms with Crippen LogP contribution in [0.4, 0.5) is 0 Å². The van der Waals surface area contributed by atoms with Gasteiger partial charge in [0, 0.05) is 18.7 Å². The highest BCUT2D eigenvalue weighted by atomic mass is 16.5. The third-order valence-corrected chi connectivity index (χ3v) is 5.39. The van der Waals surface area contributed by atoms with E-state index in [4.69, 9.17) is 4.52 Å². The van der Waals surface area contributed by atoms with E-state index in [1.165, 1.54) is 0 Å². The molecule has 1 N–H and O–H groups in total. The molecule has 1 aromatic carbocycles. The zero-order valence-electron chi connectivity index (χ0n) is 17.4. The predicted octanol–water partition coefficient (Wildman–Crippen LogP) is 3.74. The molecule has 1 amide bonds. The number of rotatable bonds is 6. The van der Waals surface area contributed by atoms with Gasteiger partial charge in [-0.15, -0.1) is 0 Å². The van der Waals surface area contributed by atoms with Crippen molar-refractivity contribution in [1.29, 1.82) is 0 Å². The standard InChI is InChI=1S/C23H22N6O2/c1-14-4-3-5-16(10-14)11-25-22(30)19-13-26-29(15(19)2)20-9-8-18(12-24-20)23-27-21(28-31-23)17-6-7-17/h3-5,8-10,12-13,17H,6-7,11H2,1-2H3,(H,25,30). The Morgan fingerprint density at radius 2 is 2.06 bits per heavy atom. The molecule has 4 aromatic rings. The highest BCUT2D eigenvalue weighted by Crippen LogP contribution is 2.38. The molecule has 0 aliphatic heterocycles. The lowest BCUT2D eigenvalue weighted by atomic mass is 10.1. The number of hydrogen-bond donors (Lipinski definition) is 1. The summed E-state index contributed by atoms with van der Waals surface area (Å²) in [5, 5.41) is 11.4. The van der Waals surface area contributed by atoms with Crippen molar-refractivity contribution in [3.63, 3.8) is 0 Å². The summed E-state index contributed by atoms with van der Waals surface area (Å²) in [4.78, 5) is 21.6. The maximum absolute atomic E-state index is 12.7. The number of carbonyl (C=O) groups excluding carboxylic acids is 1. The minimum atomic E-state index is -0.166. The predicted molar refractivity (Wildman–Crippen MR) is 114 cm³/mol. The third-order valence-electron chi connectivity index (χ3n) is 5.39. The van der Waals surface area contributed by atoms with Crippen LogP contribution >= 0.6 is 0 Å². The van der Waals surface area contributed by atoms with Gasteiger partial charge in [0.2, 0.25) is 0 Å². The van der Waals surface area contributed by atoms with Crippen LogP contribution in [0.1, 0.15) is 51.8 Å². The summed E-state index contributed by atoms with van der Waals surface area (Å²) in [6.45, 7) is 4.34. The van der Waals surface area contributed by atoms with Crippen LogP contribution in [0.2, 0.25) is 0 Å². The molecule has 3 heterocycles. The molecule has 31 heavy (non-hydrogen) atoms. The lowest BCUT2D eigenvalue weighted by molar-refractivity contribution is 0.0950. The van der Waals surface area contributed by atoms with E-state index < -0.39 is 0 Å². The lowest BCUT2D eigenvalue weighted by Gasteiger charge is -2.07. The minimum Gasteiger partial charge on any atom is -0.348 e. The fourth-order valence-corrected chi connectivity index (χ4v) is 3.46. The van der Waals surface area contributed by atoms with Gasteiger partial charge in [0.25, 0.3) is 11.8 Å². The molecule has 3 aromatic heterocycles. The Kier molecular flexibility index (Phi) is 4.82. The second-order valence-electron chi connectivity index (χ2n) is 7.86. The maximum atomic E-state index is 12.7. The Hall–Kier alpha value is -3.81. The molecule has 0 radical (unpaired) electrons. The number of nitrogens with one attached hydrogen (secondary N) is 1. The first-order valence-corrected chi connectivity index (χ1v) is 10.3. The van der Waals surface area contributed by atoms with Crippen LogP contribution in [0.3, 0.4) is 0 Å². The average Bonchev–Trinajstić information content (AvgIpc) is 3.38. The molecular formula is C23H22N6O2. The Labute approximate surface area is 179 Å². The van der Waals surface area contributed by atoms with Crippen LogP contribution in [-0.4, -0.2) is 30.8 Å². The number of pyridine rings is 1. The molecule has 8 heteroatoms. The van der Waals surface area contributed by atoms with Crippen molar-refractivity contribution in [3.8, 4) is 17.3 Å². The van der Waals surface area contributed by atoms with Crippen LogP contribution < -0.4 is 5.32 Å². The van der Waals surface area contributed by atoms with Crippen LogP contribution in [0.25, 0.3) is 17.3 Å². The summed E-state index contributed by atoms with van der Waals surface area (Å²) in [6, 6.07) is 11.7. The maximum Gasteiger partial charge on any atom is 0.259 e. The molecule has 0 bridgehead atoms. The van der Waals surface area contributed by atoms with Gasteiger partial charge in [-0.2, -0.15) is 10.1 Å². The van der Waals surface area contributed by atoms with Gasteiger partial charge in [-0.1, -0.05) is 35.0 Å². The first-order chi connectivity index (χ1) is 15.1. The van der Waals surface area contributed by atoms with E-state index in [9.17, 15) is 4.79 Å². The van der Waals surface area contributed by atoms with Crippen molar-refractivity contribution in [2.24, 2.45) is 0 Å². The van der Waals surface area contributed by atoms with Gasteiger partial charge in [0.05, 0.1) is 23.0 Å². The highest BCUT2D eigenvalue weighted by molar-refractivity contribution is 5.95. The first kappa shape index (κ1) is 19.2. The Morgan fingerprint density at radius 1 is 1.19 bits per heavy atom. The van der Waals surface area contributed by atoms with Crippen molar-refractivity contribution in [1.82, 2.24) is 30.2 Å². The minimum absolute atomic E-state index is 0.166. The number of hydrogen-bond acceptors (Lipinski definition) is 6. The van der Waals surface area contributed by atoms with E-state index in [1.807, 2.05) is 44.2 Å². The molecule has 1 aliphatic carbocycles. The van der Waals surface area contributed by atoms with Gasteiger partial charge >= 0.3 is 0 Å². The number of aryl methyl sites for hydroxylation is 1. The molecule has 0 saturated heterocycles. The molecule has 1 aliphatic rings. The van der Waals surface area contributed by atoms with E-state index >= 15 is 0 Å². The van der Waals surface area contributed by atoms with Crippen LogP contribution in [0, 0.1) is 13.8 Å². The van der Waals surface area contributed by atoms with Gasteiger partial charge in [-0.05, 0) is 44.4 Å². The Balaban J connectivity index is 1.30. The number of nitrogens with zero attached hydrogens (tertiary/aromatic N) is 5. The van der Waals surface area contributed by atoms with Crippen LogP contribution in [0.15, 0.2) is 53.3 Å². The molecule has 0 spiro atoms. The van der Waals surface area contributed by atoms with Crippen molar-refractivity contribution < 1.29 is 9.32 Å². The monoisotopic (exact) mass is 414 g/mol.